The number of benzene rings is 1. The van der Waals surface area contributed by atoms with Gasteiger partial charge in [-0.15, -0.1) is 6.58 Å². The average Bonchev–Trinajstić information content (AvgIpc) is 3.74. The molecule has 0 spiro atoms. The van der Waals surface area contributed by atoms with Gasteiger partial charge < -0.3 is 14.2 Å². The molecule has 9 rings (SSSR count). The van der Waals surface area contributed by atoms with E-state index in [0.717, 1.165) is 30.8 Å². The number of hydrogen-bond acceptors (Lipinski definition) is 3. The summed E-state index contributed by atoms with van der Waals surface area (Å²) in [5.41, 5.74) is 13.6. The van der Waals surface area contributed by atoms with Crippen LogP contribution in [0.4, 0.5) is 0 Å². The number of piperidine rings is 1. The molecule has 0 amide bonds. The molecule has 2 aromatic rings. The van der Waals surface area contributed by atoms with E-state index in [9.17, 15) is 0 Å². The van der Waals surface area contributed by atoms with Crippen LogP contribution >= 0.6 is 0 Å². The van der Waals surface area contributed by atoms with Crippen molar-refractivity contribution in [1.29, 1.82) is 0 Å². The number of nitrogens with zero attached hydrogens (tertiary/aromatic N) is 2. The van der Waals surface area contributed by atoms with Crippen molar-refractivity contribution in [3.8, 4) is 0 Å². The Labute approximate surface area is 350 Å². The number of rotatable bonds is 8. The molecule has 0 radical (unpaired) electrons. The third-order valence-corrected chi connectivity index (χ3v) is 16.3. The summed E-state index contributed by atoms with van der Waals surface area (Å²) in [6.07, 6.45) is 34.5. The highest BCUT2D eigenvalue weighted by Crippen LogP contribution is 2.65. The predicted octanol–water partition coefficient (Wildman–Crippen LogP) is 14.9. The first-order valence-corrected chi connectivity index (χ1v) is 23.0. The van der Waals surface area contributed by atoms with Crippen molar-refractivity contribution in [2.75, 3.05) is 0 Å². The number of allylic oxidation sites excluding steroid dienone is 10. The van der Waals surface area contributed by atoms with Crippen LogP contribution in [-0.4, -0.2) is 21.4 Å². The molecule has 0 saturated carbocycles. The normalized spacial score (nSPS) is 34.3. The minimum absolute atomic E-state index is 0.0665. The highest BCUT2D eigenvalue weighted by molar-refractivity contribution is 5.93. The van der Waals surface area contributed by atoms with E-state index in [1.54, 1.807) is 11.1 Å². The molecule has 3 heteroatoms. The minimum Gasteiger partial charge on any atom is -0.459 e. The Morgan fingerprint density at radius 2 is 1.79 bits per heavy atom. The van der Waals surface area contributed by atoms with Crippen molar-refractivity contribution in [3.05, 3.63) is 136 Å². The number of furan rings is 1. The Hall–Kier alpha value is -3.98. The van der Waals surface area contributed by atoms with E-state index < -0.39 is 0 Å². The Kier molecular flexibility index (Phi) is 9.76. The highest BCUT2D eigenvalue weighted by Gasteiger charge is 2.64. The fourth-order valence-corrected chi connectivity index (χ4v) is 12.9. The second-order valence-electron chi connectivity index (χ2n) is 20.7. The standard InChI is InChI=1S/C55H70N2O/c1-13-39-31-57-47(29-45(39)37(10)33(5)6)46-27-35(8)36(9)30-54(46,11)49(14-2)55(57,12)53-44-23-22-43-42-17-15-16-41(40-20-18-34(7)19-21-40)51(42)58-52(43)50(44)48-28-38(26-32(3)4)24-25-56(48)53/h14-15,17,20,22-25,27-34,37,41,46-49,53H,2,13,16,18-19,21,26H2,1,3-12H3. The van der Waals surface area contributed by atoms with Crippen molar-refractivity contribution in [1.82, 2.24) is 9.80 Å². The average molecular weight is 775 g/mol. The lowest BCUT2D eigenvalue weighted by Gasteiger charge is -2.66. The maximum atomic E-state index is 7.40. The lowest BCUT2D eigenvalue weighted by Crippen LogP contribution is -2.69. The maximum absolute atomic E-state index is 7.40. The summed E-state index contributed by atoms with van der Waals surface area (Å²) in [4.78, 5) is 5.59. The van der Waals surface area contributed by atoms with Gasteiger partial charge in [-0.2, -0.15) is 0 Å². The molecule has 3 nitrogen and oxygen atoms in total. The molecular weight excluding hydrogens is 705 g/mol. The van der Waals surface area contributed by atoms with Crippen LogP contribution in [0, 0.1) is 40.9 Å². The van der Waals surface area contributed by atoms with E-state index in [1.807, 2.05) is 0 Å². The molecule has 306 valence electrons. The van der Waals surface area contributed by atoms with Gasteiger partial charge in [-0.25, -0.2) is 0 Å². The van der Waals surface area contributed by atoms with Crippen LogP contribution in [0.5, 0.6) is 0 Å². The zero-order chi connectivity index (χ0) is 41.0. The summed E-state index contributed by atoms with van der Waals surface area (Å²) >= 11 is 0. The van der Waals surface area contributed by atoms with Gasteiger partial charge in [0, 0.05) is 52.1 Å². The lowest BCUT2D eigenvalue weighted by molar-refractivity contribution is -0.0934. The zero-order valence-corrected chi connectivity index (χ0v) is 37.5. The molecule has 4 aliphatic heterocycles. The van der Waals surface area contributed by atoms with Crippen molar-refractivity contribution < 1.29 is 4.42 Å². The van der Waals surface area contributed by atoms with Gasteiger partial charge in [0.05, 0.1) is 23.7 Å². The Morgan fingerprint density at radius 3 is 2.48 bits per heavy atom. The van der Waals surface area contributed by atoms with Crippen LogP contribution < -0.4 is 0 Å². The second kappa shape index (κ2) is 14.3. The molecule has 1 aromatic carbocycles. The lowest BCUT2D eigenvalue weighted by atomic mass is 9.51. The molecule has 1 saturated heterocycles. The van der Waals surface area contributed by atoms with Crippen molar-refractivity contribution >= 4 is 17.0 Å². The smallest absolute Gasteiger partial charge is 0.140 e. The van der Waals surface area contributed by atoms with Crippen LogP contribution in [0.25, 0.3) is 17.0 Å². The fraction of sp³-hybridized carbons (Fsp3) is 0.527. The van der Waals surface area contributed by atoms with E-state index in [4.69, 9.17) is 11.0 Å². The van der Waals surface area contributed by atoms with Crippen LogP contribution in [0.3, 0.4) is 0 Å². The highest BCUT2D eigenvalue weighted by atomic mass is 16.3. The molecule has 10 unspecified atom stereocenters. The third-order valence-electron chi connectivity index (χ3n) is 16.3. The molecule has 1 aromatic heterocycles. The summed E-state index contributed by atoms with van der Waals surface area (Å²) in [6.45, 7) is 31.2. The maximum Gasteiger partial charge on any atom is 0.140 e. The summed E-state index contributed by atoms with van der Waals surface area (Å²) in [5.74, 6) is 4.42. The minimum atomic E-state index is -0.347. The summed E-state index contributed by atoms with van der Waals surface area (Å²) in [5, 5.41) is 1.28. The van der Waals surface area contributed by atoms with Crippen molar-refractivity contribution in [2.24, 2.45) is 40.9 Å². The van der Waals surface area contributed by atoms with E-state index >= 15 is 0 Å². The molecule has 58 heavy (non-hydrogen) atoms. The van der Waals surface area contributed by atoms with Gasteiger partial charge in [-0.3, -0.25) is 0 Å². The van der Waals surface area contributed by atoms with Gasteiger partial charge in [0.2, 0.25) is 0 Å². The van der Waals surface area contributed by atoms with Crippen LogP contribution in [0.2, 0.25) is 0 Å². The van der Waals surface area contributed by atoms with Gasteiger partial charge in [-0.05, 0) is 111 Å². The van der Waals surface area contributed by atoms with Gasteiger partial charge >= 0.3 is 0 Å². The summed E-state index contributed by atoms with van der Waals surface area (Å²) < 4.78 is 7.40. The van der Waals surface area contributed by atoms with E-state index in [1.165, 1.54) is 69.4 Å². The SMILES string of the molecule is C=CC1C2(C)C=C(C)C(C)=CC2C2C=C(C(C)C(C)C)C(CC)=CN2C1(C)C1c2ccc3c4c(oc3c2C2C=C(CC(C)C)C=CN21)C(C1=CCC(C)CC1)CC=C4. The first-order valence-electron chi connectivity index (χ1n) is 23.0. The molecule has 0 bridgehead atoms. The number of hydrogen-bond donors (Lipinski definition) is 0. The largest absolute Gasteiger partial charge is 0.459 e. The van der Waals surface area contributed by atoms with Crippen molar-refractivity contribution in [2.45, 2.75) is 144 Å². The van der Waals surface area contributed by atoms with Crippen LogP contribution in [-0.2, 0) is 0 Å². The van der Waals surface area contributed by atoms with Gasteiger partial charge in [-0.1, -0.05) is 133 Å². The van der Waals surface area contributed by atoms with Gasteiger partial charge in [0.15, 0.2) is 0 Å². The monoisotopic (exact) mass is 775 g/mol. The predicted molar refractivity (Wildman–Crippen MR) is 245 cm³/mol. The second-order valence-corrected chi connectivity index (χ2v) is 20.7. The molecule has 5 heterocycles. The first kappa shape index (κ1) is 39.5. The molecule has 1 fully saturated rings. The molecular formula is C55H70N2O. The Bertz CT molecular complexity index is 2280. The van der Waals surface area contributed by atoms with E-state index in [2.05, 4.69) is 165 Å². The Balaban J connectivity index is 1.28. The Morgan fingerprint density at radius 1 is 1.00 bits per heavy atom. The molecule has 7 aliphatic rings. The van der Waals surface area contributed by atoms with Gasteiger partial charge in [0.25, 0.3) is 0 Å². The van der Waals surface area contributed by atoms with Gasteiger partial charge in [0.1, 0.15) is 11.3 Å². The molecule has 3 aliphatic carbocycles. The van der Waals surface area contributed by atoms with Crippen molar-refractivity contribution in [3.63, 3.8) is 0 Å². The molecule has 0 N–H and O–H groups in total. The topological polar surface area (TPSA) is 19.6 Å². The summed E-state index contributed by atoms with van der Waals surface area (Å²) in [6, 6.07) is 5.31. The number of fused-ring (bicyclic) bond motifs is 10. The van der Waals surface area contributed by atoms with E-state index in [-0.39, 0.29) is 35.0 Å². The summed E-state index contributed by atoms with van der Waals surface area (Å²) in [7, 11) is 0. The third kappa shape index (κ3) is 5.78. The molecule has 10 atom stereocenters. The van der Waals surface area contributed by atoms with Crippen LogP contribution in [0.15, 0.2) is 118 Å². The van der Waals surface area contributed by atoms with Crippen LogP contribution in [0.1, 0.15) is 155 Å². The van der Waals surface area contributed by atoms with E-state index in [0.29, 0.717) is 29.6 Å². The first-order chi connectivity index (χ1) is 27.7. The fourth-order valence-electron chi connectivity index (χ4n) is 12.9. The zero-order valence-electron chi connectivity index (χ0n) is 37.5. The quantitative estimate of drug-likeness (QED) is 0.249.